The van der Waals surface area contributed by atoms with Gasteiger partial charge in [0.05, 0.1) is 11.3 Å². The third-order valence-corrected chi connectivity index (χ3v) is 4.02. The lowest BCUT2D eigenvalue weighted by Crippen LogP contribution is -2.59. The van der Waals surface area contributed by atoms with Gasteiger partial charge in [-0.2, -0.15) is 4.99 Å². The summed E-state index contributed by atoms with van der Waals surface area (Å²) in [5.41, 5.74) is 16.9. The number of aliphatic imine (C=N–C) groups is 2. The van der Waals surface area contributed by atoms with Gasteiger partial charge in [-0.15, -0.1) is 0 Å². The highest BCUT2D eigenvalue weighted by molar-refractivity contribution is 5.94. The first-order valence-corrected chi connectivity index (χ1v) is 8.50. The van der Waals surface area contributed by atoms with Crippen molar-refractivity contribution in [3.63, 3.8) is 0 Å². The number of guanidine groups is 2. The summed E-state index contributed by atoms with van der Waals surface area (Å²) in [6.07, 6.45) is 1.39. The molecule has 0 radical (unpaired) electrons. The number of nitrogens with zero attached hydrogens (tertiary/aromatic N) is 2. The van der Waals surface area contributed by atoms with Crippen molar-refractivity contribution >= 4 is 23.6 Å². The molecule has 2 rings (SSSR count). The number of carbonyl (C=O) groups excluding carboxylic acids is 1. The Morgan fingerprint density at radius 1 is 1.08 bits per heavy atom. The van der Waals surface area contributed by atoms with E-state index in [0.717, 1.165) is 12.8 Å². The lowest BCUT2D eigenvalue weighted by atomic mass is 9.81. The van der Waals surface area contributed by atoms with Crippen LogP contribution in [-0.2, 0) is 4.74 Å². The maximum atomic E-state index is 12.5. The highest BCUT2D eigenvalue weighted by atomic mass is 16.5. The van der Waals surface area contributed by atoms with Crippen LogP contribution in [0, 0.1) is 0 Å². The molecule has 7 N–H and O–H groups in total. The van der Waals surface area contributed by atoms with E-state index in [1.165, 1.54) is 0 Å². The van der Waals surface area contributed by atoms with Gasteiger partial charge in [-0.05, 0) is 52.0 Å². The molecular weight excluding hydrogens is 332 g/mol. The summed E-state index contributed by atoms with van der Waals surface area (Å²) < 4.78 is 5.73. The number of esters is 1. The molecule has 1 aromatic carbocycles. The number of rotatable bonds is 3. The van der Waals surface area contributed by atoms with Crippen molar-refractivity contribution < 1.29 is 9.53 Å². The van der Waals surface area contributed by atoms with Crippen LogP contribution in [-0.4, -0.2) is 35.1 Å². The minimum atomic E-state index is -0.351. The second kappa shape index (κ2) is 7.33. The molecule has 8 nitrogen and oxygen atoms in total. The van der Waals surface area contributed by atoms with Gasteiger partial charge in [0.25, 0.3) is 0 Å². The number of nitrogens with one attached hydrogen (secondary N) is 1. The predicted molar refractivity (Wildman–Crippen MR) is 103 cm³/mol. The summed E-state index contributed by atoms with van der Waals surface area (Å²) in [4.78, 5) is 20.1. The summed E-state index contributed by atoms with van der Waals surface area (Å²) in [5, 5.41) is 3.57. The average molecular weight is 360 g/mol. The Kier molecular flexibility index (Phi) is 5.56. The van der Waals surface area contributed by atoms with E-state index in [-0.39, 0.29) is 35.1 Å². The summed E-state index contributed by atoms with van der Waals surface area (Å²) >= 11 is 0. The molecular formula is C18H28N6O2. The Balaban J connectivity index is 2.05. The SMILES string of the molecule is CC1(C)CC(OC(=O)c2ccc(N=C(N)N=C(N)N)cc2)CC(C)(C)N1. The van der Waals surface area contributed by atoms with Crippen LogP contribution in [0.1, 0.15) is 50.9 Å². The molecule has 0 unspecified atom stereocenters. The van der Waals surface area contributed by atoms with Crippen molar-refractivity contribution in [3.8, 4) is 0 Å². The first kappa shape index (κ1) is 19.7. The minimum absolute atomic E-state index is 0.0560. The topological polar surface area (TPSA) is 141 Å². The third-order valence-electron chi connectivity index (χ3n) is 4.02. The van der Waals surface area contributed by atoms with Crippen molar-refractivity contribution in [3.05, 3.63) is 29.8 Å². The number of piperidine rings is 1. The molecule has 26 heavy (non-hydrogen) atoms. The molecule has 8 heteroatoms. The van der Waals surface area contributed by atoms with Gasteiger partial charge in [-0.1, -0.05) is 0 Å². The van der Waals surface area contributed by atoms with Gasteiger partial charge < -0.3 is 27.3 Å². The normalized spacial score (nSPS) is 19.6. The van der Waals surface area contributed by atoms with Crippen LogP contribution in [0.4, 0.5) is 5.69 Å². The van der Waals surface area contributed by atoms with Crippen molar-refractivity contribution in [1.82, 2.24) is 5.32 Å². The van der Waals surface area contributed by atoms with E-state index in [1.54, 1.807) is 24.3 Å². The van der Waals surface area contributed by atoms with Gasteiger partial charge in [-0.3, -0.25) is 0 Å². The molecule has 1 saturated heterocycles. The van der Waals surface area contributed by atoms with Crippen LogP contribution in [0.5, 0.6) is 0 Å². The van der Waals surface area contributed by atoms with Crippen molar-refractivity contribution in [2.24, 2.45) is 27.2 Å². The lowest BCUT2D eigenvalue weighted by molar-refractivity contribution is -0.00637. The van der Waals surface area contributed by atoms with E-state index >= 15 is 0 Å². The quantitative estimate of drug-likeness (QED) is 0.364. The molecule has 0 spiro atoms. The van der Waals surface area contributed by atoms with E-state index in [2.05, 4.69) is 43.0 Å². The number of nitrogens with two attached hydrogens (primary N) is 3. The second-order valence-corrected chi connectivity index (χ2v) is 7.88. The van der Waals surface area contributed by atoms with Gasteiger partial charge in [0, 0.05) is 23.9 Å². The van der Waals surface area contributed by atoms with Gasteiger partial charge in [0.15, 0.2) is 5.96 Å². The first-order valence-electron chi connectivity index (χ1n) is 8.50. The van der Waals surface area contributed by atoms with E-state index in [4.69, 9.17) is 21.9 Å². The summed E-state index contributed by atoms with van der Waals surface area (Å²) in [5.74, 6) is -0.574. The fraction of sp³-hybridized carbons (Fsp3) is 0.500. The monoisotopic (exact) mass is 360 g/mol. The Hall–Kier alpha value is -2.61. The highest BCUT2D eigenvalue weighted by Crippen LogP contribution is 2.30. The van der Waals surface area contributed by atoms with E-state index in [9.17, 15) is 4.79 Å². The number of carbonyl (C=O) groups is 1. The third kappa shape index (κ3) is 5.73. The molecule has 1 heterocycles. The smallest absolute Gasteiger partial charge is 0.338 e. The minimum Gasteiger partial charge on any atom is -0.459 e. The summed E-state index contributed by atoms with van der Waals surface area (Å²) in [6.45, 7) is 8.45. The average Bonchev–Trinajstić information content (AvgIpc) is 2.43. The molecule has 0 aliphatic carbocycles. The maximum absolute atomic E-state index is 12.5. The number of hydrogen-bond acceptors (Lipinski definition) is 4. The van der Waals surface area contributed by atoms with Crippen LogP contribution in [0.2, 0.25) is 0 Å². The molecule has 0 atom stereocenters. The van der Waals surface area contributed by atoms with E-state index < -0.39 is 0 Å². The maximum Gasteiger partial charge on any atom is 0.338 e. The van der Waals surface area contributed by atoms with Crippen LogP contribution < -0.4 is 22.5 Å². The van der Waals surface area contributed by atoms with Crippen LogP contribution >= 0.6 is 0 Å². The van der Waals surface area contributed by atoms with E-state index in [1.807, 2.05) is 0 Å². The first-order chi connectivity index (χ1) is 12.0. The molecule has 0 bridgehead atoms. The van der Waals surface area contributed by atoms with Crippen LogP contribution in [0.25, 0.3) is 0 Å². The number of hydrogen-bond donors (Lipinski definition) is 4. The van der Waals surface area contributed by atoms with Crippen LogP contribution in [0.3, 0.4) is 0 Å². The largest absolute Gasteiger partial charge is 0.459 e. The molecule has 0 saturated carbocycles. The molecule has 1 aromatic rings. The van der Waals surface area contributed by atoms with Crippen LogP contribution in [0.15, 0.2) is 34.3 Å². The Morgan fingerprint density at radius 3 is 2.12 bits per heavy atom. The lowest BCUT2D eigenvalue weighted by Gasteiger charge is -2.45. The number of benzene rings is 1. The summed E-state index contributed by atoms with van der Waals surface area (Å²) in [7, 11) is 0. The molecule has 0 aromatic heterocycles. The predicted octanol–water partition coefficient (Wildman–Crippen LogP) is 1.37. The Labute approximate surface area is 153 Å². The van der Waals surface area contributed by atoms with Crippen molar-refractivity contribution in [2.75, 3.05) is 0 Å². The second-order valence-electron chi connectivity index (χ2n) is 7.88. The van der Waals surface area contributed by atoms with Gasteiger partial charge in [-0.25, -0.2) is 9.79 Å². The van der Waals surface area contributed by atoms with Crippen molar-refractivity contribution in [2.45, 2.75) is 57.7 Å². The Morgan fingerprint density at radius 2 is 1.62 bits per heavy atom. The Bertz CT molecular complexity index is 702. The molecule has 1 aliphatic rings. The molecule has 1 aliphatic heterocycles. The molecule has 0 amide bonds. The van der Waals surface area contributed by atoms with Crippen molar-refractivity contribution in [1.29, 1.82) is 0 Å². The van der Waals surface area contributed by atoms with E-state index in [0.29, 0.717) is 11.3 Å². The number of ether oxygens (including phenoxy) is 1. The zero-order valence-corrected chi connectivity index (χ0v) is 15.7. The van der Waals surface area contributed by atoms with Gasteiger partial charge >= 0.3 is 5.97 Å². The highest BCUT2D eigenvalue weighted by Gasteiger charge is 2.39. The standard InChI is InChI=1S/C18H28N6O2/c1-17(2)9-13(10-18(3,4)24-17)26-14(25)11-5-7-12(8-6-11)22-16(21)23-15(19)20/h5-8,13,24H,9-10H2,1-4H3,(H6,19,20,21,22,23). The summed E-state index contributed by atoms with van der Waals surface area (Å²) in [6, 6.07) is 6.59. The zero-order valence-electron chi connectivity index (χ0n) is 15.7. The van der Waals surface area contributed by atoms with Gasteiger partial charge in [0.2, 0.25) is 5.96 Å². The molecule has 142 valence electrons. The van der Waals surface area contributed by atoms with Gasteiger partial charge in [0.1, 0.15) is 6.10 Å². The zero-order chi connectivity index (χ0) is 19.5. The molecule has 1 fully saturated rings. The fourth-order valence-corrected chi connectivity index (χ4v) is 3.49. The fourth-order valence-electron chi connectivity index (χ4n) is 3.49.